The lowest BCUT2D eigenvalue weighted by Gasteiger charge is -2.41. The zero-order valence-electron chi connectivity index (χ0n) is 15.8. The number of carbonyl (C=O) groups is 1. The molecule has 0 aliphatic heterocycles. The highest BCUT2D eigenvalue weighted by molar-refractivity contribution is 6.33. The molecule has 3 rings (SSSR count). The van der Waals surface area contributed by atoms with Crippen molar-refractivity contribution in [3.8, 4) is 0 Å². The van der Waals surface area contributed by atoms with Crippen molar-refractivity contribution < 1.29 is 4.79 Å². The van der Waals surface area contributed by atoms with E-state index in [1.54, 1.807) is 12.1 Å². The lowest BCUT2D eigenvalue weighted by Crippen LogP contribution is -2.47. The van der Waals surface area contributed by atoms with Crippen LogP contribution in [0.4, 0.5) is 0 Å². The van der Waals surface area contributed by atoms with Gasteiger partial charge >= 0.3 is 0 Å². The average Bonchev–Trinajstić information content (AvgIpc) is 2.65. The van der Waals surface area contributed by atoms with Gasteiger partial charge in [-0.1, -0.05) is 66.4 Å². The summed E-state index contributed by atoms with van der Waals surface area (Å²) >= 11 is 12.7. The van der Waals surface area contributed by atoms with Crippen LogP contribution in [0.1, 0.15) is 47.6 Å². The normalized spacial score (nSPS) is 21.1. The van der Waals surface area contributed by atoms with E-state index in [2.05, 4.69) is 30.4 Å². The second-order valence-electron chi connectivity index (χ2n) is 7.44. The van der Waals surface area contributed by atoms with E-state index in [9.17, 15) is 4.79 Å². The highest BCUT2D eigenvalue weighted by Gasteiger charge is 2.36. The third-order valence-electron chi connectivity index (χ3n) is 5.44. The fourth-order valence-electron chi connectivity index (χ4n) is 4.21. The molecule has 5 heteroatoms. The summed E-state index contributed by atoms with van der Waals surface area (Å²) in [6.07, 6.45) is 4.31. The second kappa shape index (κ2) is 9.09. The van der Waals surface area contributed by atoms with Crippen molar-refractivity contribution in [1.82, 2.24) is 10.2 Å². The van der Waals surface area contributed by atoms with Crippen molar-refractivity contribution in [2.45, 2.75) is 37.8 Å². The quantitative estimate of drug-likeness (QED) is 0.704. The van der Waals surface area contributed by atoms with Gasteiger partial charge in [-0.2, -0.15) is 0 Å². The molecule has 1 N–H and O–H groups in total. The average molecular weight is 405 g/mol. The third-order valence-corrected chi connectivity index (χ3v) is 6.11. The van der Waals surface area contributed by atoms with E-state index in [-0.39, 0.29) is 18.0 Å². The first kappa shape index (κ1) is 20.2. The molecule has 3 nitrogen and oxygen atoms in total. The van der Waals surface area contributed by atoms with Crippen LogP contribution in [0.25, 0.3) is 0 Å². The van der Waals surface area contributed by atoms with E-state index in [0.29, 0.717) is 16.5 Å². The predicted octanol–water partition coefficient (Wildman–Crippen LogP) is 5.58. The van der Waals surface area contributed by atoms with Crippen LogP contribution < -0.4 is 5.32 Å². The molecule has 0 aromatic heterocycles. The zero-order chi connectivity index (χ0) is 19.4. The van der Waals surface area contributed by atoms with Crippen molar-refractivity contribution in [3.63, 3.8) is 0 Å². The minimum Gasteiger partial charge on any atom is -0.349 e. The van der Waals surface area contributed by atoms with Crippen molar-refractivity contribution in [2.24, 2.45) is 5.92 Å². The molecule has 27 heavy (non-hydrogen) atoms. The Morgan fingerprint density at radius 1 is 1.00 bits per heavy atom. The molecule has 1 amide bonds. The number of benzene rings is 2. The molecule has 2 aromatic rings. The summed E-state index contributed by atoms with van der Waals surface area (Å²) in [6, 6.07) is 15.4. The van der Waals surface area contributed by atoms with Crippen LogP contribution in [-0.4, -0.2) is 30.9 Å². The smallest absolute Gasteiger partial charge is 0.253 e. The number of rotatable bonds is 5. The van der Waals surface area contributed by atoms with E-state index >= 15 is 0 Å². The molecule has 0 bridgehead atoms. The summed E-state index contributed by atoms with van der Waals surface area (Å²) < 4.78 is 0. The van der Waals surface area contributed by atoms with Gasteiger partial charge in [-0.15, -0.1) is 0 Å². The van der Waals surface area contributed by atoms with Gasteiger partial charge in [0.1, 0.15) is 0 Å². The molecule has 1 saturated carbocycles. The Morgan fingerprint density at radius 3 is 2.30 bits per heavy atom. The van der Waals surface area contributed by atoms with Crippen LogP contribution in [0.15, 0.2) is 48.5 Å². The lowest BCUT2D eigenvalue weighted by atomic mass is 9.77. The van der Waals surface area contributed by atoms with Gasteiger partial charge in [-0.05, 0) is 56.6 Å². The maximum atomic E-state index is 12.8. The first-order chi connectivity index (χ1) is 13.0. The highest BCUT2D eigenvalue weighted by Crippen LogP contribution is 2.40. The molecule has 2 aromatic carbocycles. The highest BCUT2D eigenvalue weighted by atomic mass is 35.5. The Morgan fingerprint density at radius 2 is 1.63 bits per heavy atom. The molecule has 1 aliphatic rings. The number of hydrogen-bond acceptors (Lipinski definition) is 2. The van der Waals surface area contributed by atoms with Crippen molar-refractivity contribution in [1.29, 1.82) is 0 Å². The van der Waals surface area contributed by atoms with Crippen LogP contribution in [0.3, 0.4) is 0 Å². The summed E-state index contributed by atoms with van der Waals surface area (Å²) in [5.41, 5.74) is 1.65. The number of nitrogens with zero attached hydrogens (tertiary/aromatic N) is 1. The Kier molecular flexibility index (Phi) is 6.80. The van der Waals surface area contributed by atoms with Gasteiger partial charge in [0.25, 0.3) is 5.91 Å². The molecule has 0 saturated heterocycles. The zero-order valence-corrected chi connectivity index (χ0v) is 17.3. The monoisotopic (exact) mass is 404 g/mol. The molecule has 3 unspecified atom stereocenters. The number of halogens is 2. The molecule has 0 spiro atoms. The number of carbonyl (C=O) groups excluding carboxylic acids is 1. The summed E-state index contributed by atoms with van der Waals surface area (Å²) in [5.74, 6) is 0.189. The molecule has 3 atom stereocenters. The van der Waals surface area contributed by atoms with Crippen LogP contribution >= 0.6 is 23.2 Å². The SMILES string of the molecule is CN(C)C(c1ccccc1Cl)C1CCCCC1NC(=O)c1ccccc1Cl. The summed E-state index contributed by atoms with van der Waals surface area (Å²) in [7, 11) is 4.16. The predicted molar refractivity (Wildman–Crippen MR) is 113 cm³/mol. The summed E-state index contributed by atoms with van der Waals surface area (Å²) in [6.45, 7) is 0. The number of amides is 1. The lowest BCUT2D eigenvalue weighted by molar-refractivity contribution is 0.0846. The Balaban J connectivity index is 1.86. The molecule has 144 valence electrons. The van der Waals surface area contributed by atoms with Crippen LogP contribution in [0.2, 0.25) is 10.0 Å². The largest absolute Gasteiger partial charge is 0.349 e. The maximum Gasteiger partial charge on any atom is 0.253 e. The van der Waals surface area contributed by atoms with E-state index in [0.717, 1.165) is 36.3 Å². The summed E-state index contributed by atoms with van der Waals surface area (Å²) in [4.78, 5) is 15.1. The first-order valence-corrected chi connectivity index (χ1v) is 10.2. The number of nitrogens with one attached hydrogen (secondary N) is 1. The van der Waals surface area contributed by atoms with Crippen LogP contribution in [0, 0.1) is 5.92 Å². The van der Waals surface area contributed by atoms with E-state index < -0.39 is 0 Å². The molecule has 0 radical (unpaired) electrons. The van der Waals surface area contributed by atoms with Gasteiger partial charge < -0.3 is 10.2 Å². The van der Waals surface area contributed by atoms with Gasteiger partial charge in [0.05, 0.1) is 10.6 Å². The van der Waals surface area contributed by atoms with Gasteiger partial charge in [-0.3, -0.25) is 4.79 Å². The summed E-state index contributed by atoms with van der Waals surface area (Å²) in [5, 5.41) is 4.52. The fraction of sp³-hybridized carbons (Fsp3) is 0.409. The third kappa shape index (κ3) is 4.66. The molecule has 0 heterocycles. The Hall–Kier alpha value is -1.55. The maximum absolute atomic E-state index is 12.8. The van der Waals surface area contributed by atoms with E-state index in [4.69, 9.17) is 23.2 Å². The minimum absolute atomic E-state index is 0.0891. The second-order valence-corrected chi connectivity index (χ2v) is 8.25. The van der Waals surface area contributed by atoms with Gasteiger partial charge in [0.2, 0.25) is 0 Å². The van der Waals surface area contributed by atoms with Gasteiger partial charge in [-0.25, -0.2) is 0 Å². The molecule has 1 aliphatic carbocycles. The topological polar surface area (TPSA) is 32.3 Å². The van der Waals surface area contributed by atoms with E-state index in [1.807, 2.05) is 30.3 Å². The van der Waals surface area contributed by atoms with Crippen molar-refractivity contribution in [2.75, 3.05) is 14.1 Å². The molecular weight excluding hydrogens is 379 g/mol. The van der Waals surface area contributed by atoms with Crippen molar-refractivity contribution in [3.05, 3.63) is 69.7 Å². The molecular formula is C22H26Cl2N2O. The minimum atomic E-state index is -0.103. The number of hydrogen-bond donors (Lipinski definition) is 1. The van der Waals surface area contributed by atoms with Crippen LogP contribution in [-0.2, 0) is 0 Å². The van der Waals surface area contributed by atoms with E-state index in [1.165, 1.54) is 0 Å². The molecule has 1 fully saturated rings. The van der Waals surface area contributed by atoms with Gasteiger partial charge in [0, 0.05) is 17.1 Å². The van der Waals surface area contributed by atoms with Crippen molar-refractivity contribution >= 4 is 29.1 Å². The Labute approximate surface area is 171 Å². The standard InChI is InChI=1S/C22H26Cl2N2O/c1-26(2)21(15-9-3-6-12-18(15)23)17-11-5-8-14-20(17)25-22(27)16-10-4-7-13-19(16)24/h3-4,6-7,9-10,12-13,17,20-21H,5,8,11,14H2,1-2H3,(H,25,27). The van der Waals surface area contributed by atoms with Gasteiger partial charge in [0.15, 0.2) is 0 Å². The first-order valence-electron chi connectivity index (χ1n) is 9.45. The fourth-order valence-corrected chi connectivity index (χ4v) is 4.68. The van der Waals surface area contributed by atoms with Crippen LogP contribution in [0.5, 0.6) is 0 Å². The Bertz CT molecular complexity index is 793.